The minimum Gasteiger partial charge on any atom is -0.392 e. The van der Waals surface area contributed by atoms with Gasteiger partial charge in [0.05, 0.1) is 6.10 Å². The van der Waals surface area contributed by atoms with Crippen molar-refractivity contribution in [3.63, 3.8) is 0 Å². The van der Waals surface area contributed by atoms with Crippen LogP contribution in [0.25, 0.3) is 0 Å². The van der Waals surface area contributed by atoms with Crippen LogP contribution in [0, 0.1) is 0 Å². The Hall–Kier alpha value is -0.150. The molecule has 1 saturated heterocycles. The van der Waals surface area contributed by atoms with Crippen molar-refractivity contribution in [3.8, 4) is 0 Å². The molecule has 1 fully saturated rings. The smallest absolute Gasteiger partial charge is 0.102 e. The molecule has 1 heterocycles. The molecule has 0 bridgehead atoms. The lowest BCUT2D eigenvalue weighted by Crippen LogP contribution is -2.31. The Balaban J connectivity index is 2.37. The van der Waals surface area contributed by atoms with Crippen molar-refractivity contribution in [1.29, 1.82) is 0 Å². The molecule has 0 aromatic rings. The molecule has 66 valence electrons. The summed E-state index contributed by atoms with van der Waals surface area (Å²) in [6.07, 6.45) is 1.60. The predicted octanol–water partition coefficient (Wildman–Crippen LogP) is 0.801. The topological polar surface area (TPSA) is 23.5 Å². The molecule has 0 saturated carbocycles. The highest BCUT2D eigenvalue weighted by atomic mass is 19.1. The van der Waals surface area contributed by atoms with Gasteiger partial charge < -0.3 is 5.11 Å². The third kappa shape index (κ3) is 2.14. The molecular weight excluding hydrogens is 145 g/mol. The average molecular weight is 161 g/mol. The molecule has 11 heavy (non-hydrogen) atoms. The van der Waals surface area contributed by atoms with Gasteiger partial charge in [0.2, 0.25) is 0 Å². The molecule has 2 nitrogen and oxygen atoms in total. The van der Waals surface area contributed by atoms with Crippen LogP contribution in [0.2, 0.25) is 0 Å². The summed E-state index contributed by atoms with van der Waals surface area (Å²) in [5.41, 5.74) is 0. The van der Waals surface area contributed by atoms with E-state index in [9.17, 15) is 9.50 Å². The van der Waals surface area contributed by atoms with Crippen molar-refractivity contribution in [2.24, 2.45) is 0 Å². The second-order valence-electron chi connectivity index (χ2n) is 3.14. The highest BCUT2D eigenvalue weighted by Crippen LogP contribution is 2.19. The number of alkyl halides is 1. The highest BCUT2D eigenvalue weighted by Gasteiger charge is 2.28. The first-order valence-electron chi connectivity index (χ1n) is 4.26. The fraction of sp³-hybridized carbons (Fsp3) is 1.00. The minimum atomic E-state index is -0.302. The van der Waals surface area contributed by atoms with Gasteiger partial charge in [-0.3, -0.25) is 4.90 Å². The van der Waals surface area contributed by atoms with Crippen LogP contribution < -0.4 is 0 Å². The maximum Gasteiger partial charge on any atom is 0.102 e. The molecule has 1 N–H and O–H groups in total. The van der Waals surface area contributed by atoms with E-state index in [0.717, 1.165) is 12.8 Å². The molecule has 0 radical (unpaired) electrons. The summed E-state index contributed by atoms with van der Waals surface area (Å²) in [6, 6.07) is 0.403. The van der Waals surface area contributed by atoms with Crippen LogP contribution >= 0.6 is 0 Å². The zero-order valence-electron chi connectivity index (χ0n) is 6.96. The van der Waals surface area contributed by atoms with Crippen LogP contribution in [0.4, 0.5) is 4.39 Å². The van der Waals surface area contributed by atoms with Gasteiger partial charge in [-0.05, 0) is 12.8 Å². The van der Waals surface area contributed by atoms with E-state index in [1.54, 1.807) is 0 Å². The second kappa shape index (κ2) is 4.02. The van der Waals surface area contributed by atoms with Gasteiger partial charge in [-0.2, -0.15) is 0 Å². The largest absolute Gasteiger partial charge is 0.392 e. The van der Waals surface area contributed by atoms with Gasteiger partial charge in [0.15, 0.2) is 0 Å². The van der Waals surface area contributed by atoms with E-state index < -0.39 is 0 Å². The first kappa shape index (κ1) is 8.94. The Morgan fingerprint density at radius 2 is 2.36 bits per heavy atom. The van der Waals surface area contributed by atoms with Crippen molar-refractivity contribution in [1.82, 2.24) is 4.90 Å². The normalized spacial score (nSPS) is 33.0. The van der Waals surface area contributed by atoms with Gasteiger partial charge in [0, 0.05) is 19.1 Å². The monoisotopic (exact) mass is 161 g/mol. The van der Waals surface area contributed by atoms with Gasteiger partial charge in [0.1, 0.15) is 6.67 Å². The molecule has 0 aromatic carbocycles. The van der Waals surface area contributed by atoms with E-state index in [1.165, 1.54) is 0 Å². The van der Waals surface area contributed by atoms with Crippen molar-refractivity contribution in [2.75, 3.05) is 19.8 Å². The average Bonchev–Trinajstić information content (AvgIpc) is 2.32. The van der Waals surface area contributed by atoms with Crippen LogP contribution in [-0.2, 0) is 0 Å². The third-order valence-electron chi connectivity index (χ3n) is 2.35. The van der Waals surface area contributed by atoms with E-state index in [4.69, 9.17) is 0 Å². The van der Waals surface area contributed by atoms with Crippen molar-refractivity contribution in [2.45, 2.75) is 31.9 Å². The number of β-amino-alcohol motifs (C(OH)–C–C–N with tert-alkyl or cyclic N) is 1. The number of hydrogen-bond acceptors (Lipinski definition) is 2. The molecule has 0 spiro atoms. The van der Waals surface area contributed by atoms with Crippen LogP contribution in [0.15, 0.2) is 0 Å². The predicted molar refractivity (Wildman–Crippen MR) is 42.3 cm³/mol. The molecule has 1 aliphatic rings. The van der Waals surface area contributed by atoms with E-state index in [0.29, 0.717) is 19.1 Å². The zero-order valence-corrected chi connectivity index (χ0v) is 6.96. The molecule has 0 aromatic heterocycles. The van der Waals surface area contributed by atoms with E-state index in [1.807, 2.05) is 4.90 Å². The molecule has 0 amide bonds. The first-order valence-corrected chi connectivity index (χ1v) is 4.26. The number of halogens is 1. The quantitative estimate of drug-likeness (QED) is 0.662. The first-order chi connectivity index (χ1) is 5.27. The fourth-order valence-corrected chi connectivity index (χ4v) is 1.76. The van der Waals surface area contributed by atoms with Crippen molar-refractivity contribution in [3.05, 3.63) is 0 Å². The Labute approximate surface area is 67.0 Å². The minimum absolute atomic E-state index is 0.230. The van der Waals surface area contributed by atoms with E-state index in [-0.39, 0.29) is 12.8 Å². The molecule has 2 atom stereocenters. The van der Waals surface area contributed by atoms with Gasteiger partial charge in [0.25, 0.3) is 0 Å². The van der Waals surface area contributed by atoms with Gasteiger partial charge in [-0.15, -0.1) is 0 Å². The molecule has 0 aliphatic carbocycles. The van der Waals surface area contributed by atoms with Crippen LogP contribution in [0.1, 0.15) is 19.8 Å². The number of nitrogens with zero attached hydrogens (tertiary/aromatic N) is 1. The summed E-state index contributed by atoms with van der Waals surface area (Å²) in [4.78, 5) is 2.03. The maximum absolute atomic E-state index is 12.0. The molecule has 1 rings (SSSR count). The molecule has 3 heteroatoms. The lowest BCUT2D eigenvalue weighted by molar-refractivity contribution is 0.170. The number of rotatable bonds is 3. The Morgan fingerprint density at radius 3 is 2.91 bits per heavy atom. The van der Waals surface area contributed by atoms with Crippen LogP contribution in [0.3, 0.4) is 0 Å². The molecule has 1 aliphatic heterocycles. The fourth-order valence-electron chi connectivity index (χ4n) is 1.76. The highest BCUT2D eigenvalue weighted by molar-refractivity contribution is 4.83. The number of aliphatic hydroxyl groups excluding tert-OH is 1. The Kier molecular flexibility index (Phi) is 3.27. The van der Waals surface area contributed by atoms with E-state index >= 15 is 0 Å². The number of hydrogen-bond donors (Lipinski definition) is 1. The van der Waals surface area contributed by atoms with Crippen LogP contribution in [-0.4, -0.2) is 41.9 Å². The SMILES string of the molecule is CCC1CC(O)CN1CCF. The summed E-state index contributed by atoms with van der Waals surface area (Å²) in [5.74, 6) is 0. The van der Waals surface area contributed by atoms with Crippen molar-refractivity contribution < 1.29 is 9.50 Å². The third-order valence-corrected chi connectivity index (χ3v) is 2.35. The summed E-state index contributed by atoms with van der Waals surface area (Å²) < 4.78 is 12.0. The Bertz CT molecular complexity index is 121. The van der Waals surface area contributed by atoms with Gasteiger partial charge in [-0.1, -0.05) is 6.92 Å². The van der Waals surface area contributed by atoms with E-state index in [2.05, 4.69) is 6.92 Å². The molecular formula is C8H16FNO. The summed E-state index contributed by atoms with van der Waals surface area (Å²) in [6.45, 7) is 2.91. The summed E-state index contributed by atoms with van der Waals surface area (Å²) in [5, 5.41) is 9.26. The van der Waals surface area contributed by atoms with Gasteiger partial charge in [-0.25, -0.2) is 4.39 Å². The summed E-state index contributed by atoms with van der Waals surface area (Å²) in [7, 11) is 0. The van der Waals surface area contributed by atoms with Crippen molar-refractivity contribution >= 4 is 0 Å². The second-order valence-corrected chi connectivity index (χ2v) is 3.14. The number of aliphatic hydroxyl groups is 1. The number of likely N-dealkylation sites (tertiary alicyclic amines) is 1. The zero-order chi connectivity index (χ0) is 8.27. The lowest BCUT2D eigenvalue weighted by atomic mass is 10.1. The van der Waals surface area contributed by atoms with Gasteiger partial charge >= 0.3 is 0 Å². The summed E-state index contributed by atoms with van der Waals surface area (Å²) >= 11 is 0. The Morgan fingerprint density at radius 1 is 1.64 bits per heavy atom. The van der Waals surface area contributed by atoms with Crippen LogP contribution in [0.5, 0.6) is 0 Å². The lowest BCUT2D eigenvalue weighted by Gasteiger charge is -2.20. The maximum atomic E-state index is 12.0. The standard InChI is InChI=1S/C8H16FNO/c1-2-7-5-8(11)6-10(7)4-3-9/h7-8,11H,2-6H2,1H3. The molecule has 2 unspecified atom stereocenters.